The summed E-state index contributed by atoms with van der Waals surface area (Å²) in [6, 6.07) is 0.879. The number of hydrogen-bond donors (Lipinski definition) is 1. The summed E-state index contributed by atoms with van der Waals surface area (Å²) in [4.78, 5) is 0. The van der Waals surface area contributed by atoms with E-state index in [0.717, 1.165) is 6.04 Å². The van der Waals surface area contributed by atoms with Crippen molar-refractivity contribution < 1.29 is 0 Å². The first-order valence-electron chi connectivity index (χ1n) is 6.08. The molecule has 0 atom stereocenters. The van der Waals surface area contributed by atoms with Crippen molar-refractivity contribution in [1.29, 1.82) is 0 Å². The van der Waals surface area contributed by atoms with E-state index in [1.807, 2.05) is 0 Å². The first-order chi connectivity index (χ1) is 6.35. The van der Waals surface area contributed by atoms with Gasteiger partial charge in [0.2, 0.25) is 0 Å². The summed E-state index contributed by atoms with van der Waals surface area (Å²) >= 11 is 0. The molecule has 0 saturated heterocycles. The molecule has 0 radical (unpaired) electrons. The Hall–Kier alpha value is -0.0400. The van der Waals surface area contributed by atoms with E-state index in [4.69, 9.17) is 0 Å². The highest BCUT2D eigenvalue weighted by atomic mass is 14.9. The molecule has 1 N–H and O–H groups in total. The molecule has 2 aliphatic rings. The summed E-state index contributed by atoms with van der Waals surface area (Å²) in [7, 11) is 0. The van der Waals surface area contributed by atoms with Crippen LogP contribution in [0.25, 0.3) is 0 Å². The van der Waals surface area contributed by atoms with Crippen LogP contribution in [0.3, 0.4) is 0 Å². The summed E-state index contributed by atoms with van der Waals surface area (Å²) in [6.07, 6.45) is 11.6. The van der Waals surface area contributed by atoms with Crippen molar-refractivity contribution in [3.8, 4) is 0 Å². The highest BCUT2D eigenvalue weighted by Gasteiger charge is 2.32. The maximum Gasteiger partial charge on any atom is 0.00673 e. The van der Waals surface area contributed by atoms with Crippen LogP contribution in [0.4, 0.5) is 0 Å². The van der Waals surface area contributed by atoms with Gasteiger partial charge in [0.25, 0.3) is 0 Å². The number of hydrogen-bond acceptors (Lipinski definition) is 1. The van der Waals surface area contributed by atoms with Gasteiger partial charge in [0.15, 0.2) is 0 Å². The van der Waals surface area contributed by atoms with Gasteiger partial charge in [-0.1, -0.05) is 26.2 Å². The smallest absolute Gasteiger partial charge is 0.00673 e. The minimum absolute atomic E-state index is 0.690. The summed E-state index contributed by atoms with van der Waals surface area (Å²) in [5, 5.41) is 3.75. The van der Waals surface area contributed by atoms with Crippen molar-refractivity contribution in [2.24, 2.45) is 5.41 Å². The van der Waals surface area contributed by atoms with Crippen LogP contribution in [0.2, 0.25) is 0 Å². The summed E-state index contributed by atoms with van der Waals surface area (Å²) < 4.78 is 0. The Balaban J connectivity index is 1.75. The molecule has 0 spiro atoms. The summed E-state index contributed by atoms with van der Waals surface area (Å²) in [5.41, 5.74) is 0.690. The Labute approximate surface area is 82.3 Å². The third kappa shape index (κ3) is 2.07. The Morgan fingerprint density at radius 1 is 1.15 bits per heavy atom. The fourth-order valence-corrected chi connectivity index (χ4v) is 2.75. The zero-order valence-electron chi connectivity index (χ0n) is 8.94. The van der Waals surface area contributed by atoms with Crippen LogP contribution in [-0.2, 0) is 0 Å². The molecule has 0 heterocycles. The third-order valence-electron chi connectivity index (χ3n) is 4.29. The largest absolute Gasteiger partial charge is 0.313 e. The average molecular weight is 181 g/mol. The molecular formula is C12H23N. The lowest BCUT2D eigenvalue weighted by Gasteiger charge is -2.34. The van der Waals surface area contributed by atoms with Crippen molar-refractivity contribution in [2.75, 3.05) is 6.54 Å². The molecule has 2 saturated carbocycles. The first-order valence-corrected chi connectivity index (χ1v) is 6.08. The van der Waals surface area contributed by atoms with Crippen LogP contribution in [0, 0.1) is 5.41 Å². The van der Waals surface area contributed by atoms with Crippen LogP contribution < -0.4 is 5.32 Å². The second-order valence-corrected chi connectivity index (χ2v) is 5.07. The second-order valence-electron chi connectivity index (χ2n) is 5.07. The molecule has 0 aromatic heterocycles. The van der Waals surface area contributed by atoms with Crippen LogP contribution in [0.5, 0.6) is 0 Å². The van der Waals surface area contributed by atoms with E-state index in [0.29, 0.717) is 5.41 Å². The summed E-state index contributed by atoms with van der Waals surface area (Å²) in [6.45, 7) is 3.67. The molecule has 0 amide bonds. The van der Waals surface area contributed by atoms with Gasteiger partial charge in [-0.05, 0) is 37.5 Å². The van der Waals surface area contributed by atoms with Crippen LogP contribution >= 0.6 is 0 Å². The van der Waals surface area contributed by atoms with Crippen molar-refractivity contribution in [2.45, 2.75) is 64.3 Å². The quantitative estimate of drug-likeness (QED) is 0.702. The number of rotatable bonds is 4. The fraction of sp³-hybridized carbons (Fsp3) is 1.00. The Morgan fingerprint density at radius 2 is 1.85 bits per heavy atom. The molecule has 1 heteroatoms. The maximum atomic E-state index is 3.75. The van der Waals surface area contributed by atoms with Gasteiger partial charge in [-0.2, -0.15) is 0 Å². The van der Waals surface area contributed by atoms with E-state index in [2.05, 4.69) is 12.2 Å². The van der Waals surface area contributed by atoms with E-state index in [9.17, 15) is 0 Å². The second kappa shape index (κ2) is 4.00. The predicted molar refractivity (Wildman–Crippen MR) is 56.8 cm³/mol. The zero-order chi connectivity index (χ0) is 9.15. The zero-order valence-corrected chi connectivity index (χ0v) is 8.94. The van der Waals surface area contributed by atoms with Crippen LogP contribution in [0.15, 0.2) is 0 Å². The number of nitrogens with one attached hydrogen (secondary N) is 1. The molecule has 0 bridgehead atoms. The summed E-state index contributed by atoms with van der Waals surface area (Å²) in [5.74, 6) is 0. The van der Waals surface area contributed by atoms with Gasteiger partial charge in [0, 0.05) is 12.6 Å². The van der Waals surface area contributed by atoms with Crippen molar-refractivity contribution in [3.05, 3.63) is 0 Å². The minimum atomic E-state index is 0.690. The average Bonchev–Trinajstić information content (AvgIpc) is 2.51. The predicted octanol–water partition coefficient (Wildman–Crippen LogP) is 3.10. The normalized spacial score (nSPS) is 27.5. The van der Waals surface area contributed by atoms with E-state index in [-0.39, 0.29) is 0 Å². The fourth-order valence-electron chi connectivity index (χ4n) is 2.75. The third-order valence-corrected chi connectivity index (χ3v) is 4.29. The van der Waals surface area contributed by atoms with Gasteiger partial charge in [0.1, 0.15) is 0 Å². The highest BCUT2D eigenvalue weighted by Crippen LogP contribution is 2.40. The molecule has 1 nitrogen and oxygen atoms in total. The molecule has 2 aliphatic carbocycles. The van der Waals surface area contributed by atoms with Crippen LogP contribution in [0.1, 0.15) is 58.3 Å². The lowest BCUT2D eigenvalue weighted by molar-refractivity contribution is 0.227. The lowest BCUT2D eigenvalue weighted by atomic mass is 9.82. The highest BCUT2D eigenvalue weighted by molar-refractivity contribution is 4.88. The molecule has 0 unspecified atom stereocenters. The lowest BCUT2D eigenvalue weighted by Crippen LogP contribution is -2.41. The van der Waals surface area contributed by atoms with E-state index in [1.165, 1.54) is 57.9 Å². The van der Waals surface area contributed by atoms with E-state index >= 15 is 0 Å². The monoisotopic (exact) mass is 181 g/mol. The Kier molecular flexibility index (Phi) is 2.92. The Morgan fingerprint density at radius 3 is 2.31 bits per heavy atom. The van der Waals surface area contributed by atoms with Gasteiger partial charge < -0.3 is 5.32 Å². The molecule has 0 aromatic rings. The van der Waals surface area contributed by atoms with Gasteiger partial charge >= 0.3 is 0 Å². The van der Waals surface area contributed by atoms with Gasteiger partial charge in [0.05, 0.1) is 0 Å². The van der Waals surface area contributed by atoms with Gasteiger partial charge in [-0.3, -0.25) is 0 Å². The first kappa shape index (κ1) is 9.51. The van der Waals surface area contributed by atoms with Crippen molar-refractivity contribution >= 4 is 0 Å². The topological polar surface area (TPSA) is 12.0 Å². The van der Waals surface area contributed by atoms with Crippen LogP contribution in [-0.4, -0.2) is 12.6 Å². The maximum absolute atomic E-state index is 3.75. The van der Waals surface area contributed by atoms with Gasteiger partial charge in [-0.25, -0.2) is 0 Å². The van der Waals surface area contributed by atoms with Crippen molar-refractivity contribution in [3.63, 3.8) is 0 Å². The molecule has 0 aliphatic heterocycles. The van der Waals surface area contributed by atoms with E-state index < -0.39 is 0 Å². The minimum Gasteiger partial charge on any atom is -0.313 e. The van der Waals surface area contributed by atoms with Crippen molar-refractivity contribution in [1.82, 2.24) is 5.32 Å². The Bertz CT molecular complexity index is 155. The molecule has 2 fully saturated rings. The molecule has 13 heavy (non-hydrogen) atoms. The standard InChI is InChI=1S/C12H23N/c1-2-12(8-3-4-9-12)10-13-11-6-5-7-11/h11,13H,2-10H2,1H3. The molecular weight excluding hydrogens is 158 g/mol. The van der Waals surface area contributed by atoms with E-state index in [1.54, 1.807) is 0 Å². The molecule has 2 rings (SSSR count). The molecule has 76 valence electrons. The van der Waals surface area contributed by atoms with Gasteiger partial charge in [-0.15, -0.1) is 0 Å². The SMILES string of the molecule is CCC1(CNC2CCC2)CCCC1. The molecule has 0 aromatic carbocycles.